The van der Waals surface area contributed by atoms with E-state index in [0.717, 1.165) is 22.1 Å². The lowest BCUT2D eigenvalue weighted by atomic mass is 9.93. The normalized spacial score (nSPS) is 10.9. The molecule has 0 aliphatic heterocycles. The van der Waals surface area contributed by atoms with Crippen LogP contribution in [0.2, 0.25) is 0 Å². The number of hydrogen-bond donors (Lipinski definition) is 0. The number of benzene rings is 3. The van der Waals surface area contributed by atoms with E-state index in [0.29, 0.717) is 28.3 Å². The highest BCUT2D eigenvalue weighted by Gasteiger charge is 2.18. The van der Waals surface area contributed by atoms with Gasteiger partial charge in [0.05, 0.1) is 19.9 Å². The predicted molar refractivity (Wildman–Crippen MR) is 110 cm³/mol. The molecule has 4 aromatic rings. The van der Waals surface area contributed by atoms with Crippen LogP contribution in [0.4, 0.5) is 8.78 Å². The smallest absolute Gasteiger partial charge is 0.161 e. The van der Waals surface area contributed by atoms with Crippen molar-refractivity contribution in [2.24, 2.45) is 0 Å². The van der Waals surface area contributed by atoms with Gasteiger partial charge in [0.1, 0.15) is 11.6 Å². The number of fused-ring (bicyclic) bond motifs is 1. The molecule has 29 heavy (non-hydrogen) atoms. The summed E-state index contributed by atoms with van der Waals surface area (Å²) in [5, 5.41) is 1.56. The minimum atomic E-state index is -0.327. The van der Waals surface area contributed by atoms with Crippen molar-refractivity contribution in [3.63, 3.8) is 0 Å². The van der Waals surface area contributed by atoms with Gasteiger partial charge in [0, 0.05) is 22.2 Å². The van der Waals surface area contributed by atoms with Crippen molar-refractivity contribution in [2.45, 2.75) is 6.92 Å². The molecule has 0 saturated carbocycles. The standard InChI is InChI=1S/C24H19F2NO2/c1-14-20-13-18(26)9-10-19(20)23(15-4-7-17(25)8-5-15)24(27-14)16-6-11-21(28-2)22(12-16)29-3/h4-13H,1-3H3. The molecule has 0 spiro atoms. The zero-order valence-corrected chi connectivity index (χ0v) is 16.3. The first-order valence-electron chi connectivity index (χ1n) is 9.10. The van der Waals surface area contributed by atoms with Gasteiger partial charge < -0.3 is 9.47 Å². The molecule has 0 N–H and O–H groups in total. The molecule has 0 aliphatic carbocycles. The van der Waals surface area contributed by atoms with Crippen LogP contribution in [0.5, 0.6) is 11.5 Å². The first-order chi connectivity index (χ1) is 14.0. The Morgan fingerprint density at radius 1 is 0.690 bits per heavy atom. The topological polar surface area (TPSA) is 31.4 Å². The first kappa shape index (κ1) is 18.9. The molecule has 0 atom stereocenters. The van der Waals surface area contributed by atoms with E-state index in [2.05, 4.69) is 0 Å². The van der Waals surface area contributed by atoms with Gasteiger partial charge in [0.15, 0.2) is 11.5 Å². The van der Waals surface area contributed by atoms with E-state index in [1.54, 1.807) is 32.4 Å². The number of ether oxygens (including phenoxy) is 2. The van der Waals surface area contributed by atoms with Gasteiger partial charge in [-0.3, -0.25) is 4.98 Å². The Labute approximate surface area is 167 Å². The van der Waals surface area contributed by atoms with E-state index >= 15 is 0 Å². The molecule has 0 unspecified atom stereocenters. The van der Waals surface area contributed by atoms with Crippen molar-refractivity contribution < 1.29 is 18.3 Å². The molecule has 3 nitrogen and oxygen atoms in total. The van der Waals surface area contributed by atoms with Crippen molar-refractivity contribution in [2.75, 3.05) is 14.2 Å². The summed E-state index contributed by atoms with van der Waals surface area (Å²) >= 11 is 0. The third-order valence-electron chi connectivity index (χ3n) is 4.95. The van der Waals surface area contributed by atoms with Crippen LogP contribution in [0.3, 0.4) is 0 Å². The summed E-state index contributed by atoms with van der Waals surface area (Å²) in [5.41, 5.74) is 3.82. The average Bonchev–Trinajstić information content (AvgIpc) is 2.74. The van der Waals surface area contributed by atoms with Gasteiger partial charge in [-0.15, -0.1) is 0 Å². The molecule has 0 aliphatic rings. The molecule has 4 rings (SSSR count). The van der Waals surface area contributed by atoms with E-state index in [1.807, 2.05) is 25.1 Å². The second-order valence-corrected chi connectivity index (χ2v) is 6.69. The number of aromatic nitrogens is 1. The van der Waals surface area contributed by atoms with Crippen molar-refractivity contribution in [1.82, 2.24) is 4.98 Å². The summed E-state index contributed by atoms with van der Waals surface area (Å²) < 4.78 is 38.2. The summed E-state index contributed by atoms with van der Waals surface area (Å²) in [6, 6.07) is 16.4. The summed E-state index contributed by atoms with van der Waals surface area (Å²) in [6.07, 6.45) is 0. The maximum atomic E-state index is 13.9. The van der Waals surface area contributed by atoms with Crippen LogP contribution in [0.25, 0.3) is 33.2 Å². The quantitative estimate of drug-likeness (QED) is 0.417. The molecule has 0 fully saturated rings. The minimum absolute atomic E-state index is 0.322. The highest BCUT2D eigenvalue weighted by atomic mass is 19.1. The molecular weight excluding hydrogens is 372 g/mol. The minimum Gasteiger partial charge on any atom is -0.493 e. The second-order valence-electron chi connectivity index (χ2n) is 6.69. The van der Waals surface area contributed by atoms with E-state index in [1.165, 1.54) is 24.3 Å². The lowest BCUT2D eigenvalue weighted by Crippen LogP contribution is -1.97. The van der Waals surface area contributed by atoms with Gasteiger partial charge in [-0.1, -0.05) is 18.2 Å². The Hall–Kier alpha value is -3.47. The van der Waals surface area contributed by atoms with Crippen LogP contribution in [0, 0.1) is 18.6 Å². The number of aryl methyl sites for hydroxylation is 1. The number of nitrogens with zero attached hydrogens (tertiary/aromatic N) is 1. The number of halogens is 2. The molecule has 5 heteroatoms. The van der Waals surface area contributed by atoms with Crippen molar-refractivity contribution in [1.29, 1.82) is 0 Å². The zero-order valence-electron chi connectivity index (χ0n) is 16.3. The second kappa shape index (κ2) is 7.51. The Morgan fingerprint density at radius 2 is 1.34 bits per heavy atom. The van der Waals surface area contributed by atoms with Crippen LogP contribution in [-0.4, -0.2) is 19.2 Å². The Morgan fingerprint density at radius 3 is 2.03 bits per heavy atom. The van der Waals surface area contributed by atoms with E-state index < -0.39 is 0 Å². The summed E-state index contributed by atoms with van der Waals surface area (Å²) in [4.78, 5) is 4.79. The molecule has 146 valence electrons. The van der Waals surface area contributed by atoms with E-state index in [4.69, 9.17) is 14.5 Å². The Kier molecular flexibility index (Phi) is 4.89. The van der Waals surface area contributed by atoms with E-state index in [9.17, 15) is 8.78 Å². The fourth-order valence-corrected chi connectivity index (χ4v) is 3.55. The molecule has 0 saturated heterocycles. The lowest BCUT2D eigenvalue weighted by molar-refractivity contribution is 0.355. The van der Waals surface area contributed by atoms with Gasteiger partial charge in [-0.05, 0) is 60.3 Å². The number of rotatable bonds is 4. The van der Waals surface area contributed by atoms with Gasteiger partial charge >= 0.3 is 0 Å². The summed E-state index contributed by atoms with van der Waals surface area (Å²) in [5.74, 6) is 0.538. The molecule has 0 amide bonds. The fraction of sp³-hybridized carbons (Fsp3) is 0.125. The van der Waals surface area contributed by atoms with Crippen LogP contribution in [0.15, 0.2) is 60.7 Å². The molecular formula is C24H19F2NO2. The molecule has 3 aromatic carbocycles. The van der Waals surface area contributed by atoms with Gasteiger partial charge in [-0.25, -0.2) is 8.78 Å². The molecule has 1 heterocycles. The summed E-state index contributed by atoms with van der Waals surface area (Å²) in [7, 11) is 3.15. The maximum absolute atomic E-state index is 13.9. The fourth-order valence-electron chi connectivity index (χ4n) is 3.55. The van der Waals surface area contributed by atoms with Crippen molar-refractivity contribution in [3.05, 3.63) is 78.0 Å². The predicted octanol–water partition coefficient (Wildman–Crippen LogP) is 6.17. The van der Waals surface area contributed by atoms with Crippen LogP contribution in [0.1, 0.15) is 5.69 Å². The first-order valence-corrected chi connectivity index (χ1v) is 9.10. The highest BCUT2D eigenvalue weighted by molar-refractivity contribution is 6.03. The number of hydrogen-bond acceptors (Lipinski definition) is 3. The number of pyridine rings is 1. The third kappa shape index (κ3) is 3.40. The van der Waals surface area contributed by atoms with Crippen LogP contribution < -0.4 is 9.47 Å². The van der Waals surface area contributed by atoms with Crippen LogP contribution in [-0.2, 0) is 0 Å². The monoisotopic (exact) mass is 391 g/mol. The highest BCUT2D eigenvalue weighted by Crippen LogP contribution is 2.40. The van der Waals surface area contributed by atoms with Crippen LogP contribution >= 0.6 is 0 Å². The largest absolute Gasteiger partial charge is 0.493 e. The lowest BCUT2D eigenvalue weighted by Gasteiger charge is -2.16. The van der Waals surface area contributed by atoms with Gasteiger partial charge in [0.25, 0.3) is 0 Å². The SMILES string of the molecule is COc1ccc(-c2nc(C)c3cc(F)ccc3c2-c2ccc(F)cc2)cc1OC. The van der Waals surface area contributed by atoms with Gasteiger partial charge in [-0.2, -0.15) is 0 Å². The van der Waals surface area contributed by atoms with E-state index in [-0.39, 0.29) is 11.6 Å². The average molecular weight is 391 g/mol. The van der Waals surface area contributed by atoms with Crippen molar-refractivity contribution in [3.8, 4) is 33.9 Å². The zero-order chi connectivity index (χ0) is 20.5. The number of methoxy groups -OCH3 is 2. The Balaban J connectivity index is 2.07. The Bertz CT molecular complexity index is 1200. The molecule has 0 radical (unpaired) electrons. The van der Waals surface area contributed by atoms with Crippen molar-refractivity contribution >= 4 is 10.8 Å². The third-order valence-corrected chi connectivity index (χ3v) is 4.95. The molecule has 0 bridgehead atoms. The maximum Gasteiger partial charge on any atom is 0.161 e. The summed E-state index contributed by atoms with van der Waals surface area (Å²) in [6.45, 7) is 1.85. The van der Waals surface area contributed by atoms with Gasteiger partial charge in [0.2, 0.25) is 0 Å². The molecule has 1 aromatic heterocycles.